The van der Waals surface area contributed by atoms with Crippen molar-refractivity contribution in [2.24, 2.45) is 11.8 Å². The number of benzene rings is 2. The van der Waals surface area contributed by atoms with Gasteiger partial charge >= 0.3 is 18.2 Å². The molecule has 0 radical (unpaired) electrons. The Balaban J connectivity index is 1.36. The maximum absolute atomic E-state index is 13.2. The number of hydrogen-bond donors (Lipinski definition) is 1. The van der Waals surface area contributed by atoms with E-state index in [0.29, 0.717) is 0 Å². The van der Waals surface area contributed by atoms with Crippen LogP contribution in [-0.4, -0.2) is 46.9 Å². The highest BCUT2D eigenvalue weighted by molar-refractivity contribution is 5.82. The van der Waals surface area contributed by atoms with Crippen molar-refractivity contribution in [2.75, 3.05) is 6.61 Å². The Morgan fingerprint density at radius 2 is 1.60 bits per heavy atom. The number of likely N-dealkylation sites (tertiary alicyclic amines) is 1. The molecule has 0 unspecified atom stereocenters. The Morgan fingerprint density at radius 3 is 2.13 bits per heavy atom. The zero-order valence-corrected chi connectivity index (χ0v) is 15.7. The van der Waals surface area contributed by atoms with Crippen molar-refractivity contribution in [1.82, 2.24) is 4.90 Å². The van der Waals surface area contributed by atoms with Gasteiger partial charge in [0, 0.05) is 5.92 Å². The van der Waals surface area contributed by atoms with Crippen LogP contribution in [0.5, 0.6) is 0 Å². The molecule has 2 aromatic rings. The third-order valence-corrected chi connectivity index (χ3v) is 6.49. The molecule has 0 spiro atoms. The molecule has 1 aliphatic heterocycles. The van der Waals surface area contributed by atoms with Crippen molar-refractivity contribution >= 4 is 12.1 Å². The number of piperidine rings is 1. The van der Waals surface area contributed by atoms with Crippen LogP contribution < -0.4 is 0 Å². The lowest BCUT2D eigenvalue weighted by molar-refractivity contribution is -0.162. The van der Waals surface area contributed by atoms with E-state index in [1.54, 1.807) is 0 Å². The number of carbonyl (C=O) groups excluding carboxylic acids is 1. The van der Waals surface area contributed by atoms with Crippen LogP contribution in [0, 0.1) is 11.8 Å². The van der Waals surface area contributed by atoms with Crippen LogP contribution in [0.25, 0.3) is 11.1 Å². The highest BCUT2D eigenvalue weighted by Gasteiger charge is 2.73. The van der Waals surface area contributed by atoms with Crippen LogP contribution in [0.2, 0.25) is 0 Å². The molecule has 0 aromatic heterocycles. The number of carbonyl (C=O) groups is 2. The van der Waals surface area contributed by atoms with Crippen molar-refractivity contribution in [2.45, 2.75) is 30.6 Å². The van der Waals surface area contributed by atoms with E-state index < -0.39 is 42.2 Å². The molecule has 1 heterocycles. The van der Waals surface area contributed by atoms with Gasteiger partial charge in [-0.3, -0.25) is 4.90 Å². The molecule has 1 saturated heterocycles. The van der Waals surface area contributed by atoms with Gasteiger partial charge in [-0.2, -0.15) is 13.2 Å². The summed E-state index contributed by atoms with van der Waals surface area (Å²) < 4.78 is 44.9. The molecule has 5 nitrogen and oxygen atoms in total. The second-order valence-corrected chi connectivity index (χ2v) is 8.02. The van der Waals surface area contributed by atoms with Gasteiger partial charge in [-0.15, -0.1) is 0 Å². The molecule has 8 heteroatoms. The minimum absolute atomic E-state index is 0.0657. The monoisotopic (exact) mass is 417 g/mol. The molecule has 0 bridgehead atoms. The Kier molecular flexibility index (Phi) is 4.10. The third kappa shape index (κ3) is 2.77. The smallest absolute Gasteiger partial charge is 0.410 e. The van der Waals surface area contributed by atoms with Crippen molar-refractivity contribution in [3.63, 3.8) is 0 Å². The van der Waals surface area contributed by atoms with Crippen LogP contribution in [0.4, 0.5) is 18.0 Å². The summed E-state index contributed by atoms with van der Waals surface area (Å²) in [6.07, 6.45) is -5.65. The summed E-state index contributed by atoms with van der Waals surface area (Å²) >= 11 is 0. The molecule has 30 heavy (non-hydrogen) atoms. The van der Waals surface area contributed by atoms with E-state index in [9.17, 15) is 27.9 Å². The number of nitrogens with zero attached hydrogens (tertiary/aromatic N) is 1. The SMILES string of the molecule is O=C(O)[C@@H]1C[C@H]2[C@H]([C@@H]2C(F)(F)F)N1C(=O)OCC1c2ccccc2-c2ccccc21. The number of halogens is 3. The third-order valence-electron chi connectivity index (χ3n) is 6.49. The topological polar surface area (TPSA) is 66.8 Å². The Bertz CT molecular complexity index is 992. The summed E-state index contributed by atoms with van der Waals surface area (Å²) in [4.78, 5) is 25.0. The Morgan fingerprint density at radius 1 is 1.03 bits per heavy atom. The number of amides is 1. The summed E-state index contributed by atoms with van der Waals surface area (Å²) in [5.74, 6) is -4.10. The van der Waals surface area contributed by atoms with Gasteiger partial charge in [-0.25, -0.2) is 9.59 Å². The molecule has 1 saturated carbocycles. The summed E-state index contributed by atoms with van der Waals surface area (Å²) in [7, 11) is 0. The Labute approximate surface area is 170 Å². The van der Waals surface area contributed by atoms with Gasteiger partial charge in [-0.05, 0) is 34.6 Å². The molecular formula is C22H18F3NO4. The second-order valence-electron chi connectivity index (χ2n) is 8.02. The molecule has 2 fully saturated rings. The number of rotatable bonds is 3. The number of carboxylic acids is 1. The fourth-order valence-corrected chi connectivity index (χ4v) is 5.17. The van der Waals surface area contributed by atoms with Gasteiger partial charge < -0.3 is 9.84 Å². The summed E-state index contributed by atoms with van der Waals surface area (Å²) in [5, 5.41) is 9.37. The molecule has 3 aliphatic rings. The number of carboxylic acid groups (broad SMARTS) is 1. The van der Waals surface area contributed by atoms with E-state index in [-0.39, 0.29) is 18.9 Å². The normalized spacial score (nSPS) is 26.7. The molecule has 1 N–H and O–H groups in total. The lowest BCUT2D eigenvalue weighted by Gasteiger charge is -2.27. The van der Waals surface area contributed by atoms with E-state index in [4.69, 9.17) is 4.74 Å². The van der Waals surface area contributed by atoms with Gasteiger partial charge in [0.1, 0.15) is 12.6 Å². The molecular weight excluding hydrogens is 399 g/mol. The van der Waals surface area contributed by atoms with Gasteiger partial charge in [0.15, 0.2) is 0 Å². The highest BCUT2D eigenvalue weighted by Crippen LogP contribution is 2.60. The lowest BCUT2D eigenvalue weighted by atomic mass is 9.98. The standard InChI is InChI=1S/C22H18F3NO4/c23-22(24,25)18-15-9-17(20(27)28)26(19(15)18)21(29)30-10-16-13-7-3-1-5-11(13)12-6-2-4-8-14(12)16/h1-8,15-19H,9-10H2,(H,27,28)/t15-,17+,18-,19-/m1/s1. The largest absolute Gasteiger partial charge is 0.480 e. The van der Waals surface area contributed by atoms with Crippen molar-refractivity contribution in [3.05, 3.63) is 59.7 Å². The number of alkyl halides is 3. The van der Waals surface area contributed by atoms with E-state index in [0.717, 1.165) is 27.2 Å². The van der Waals surface area contributed by atoms with Crippen molar-refractivity contribution in [1.29, 1.82) is 0 Å². The predicted octanol–water partition coefficient (Wildman–Crippen LogP) is 4.27. The minimum atomic E-state index is -4.46. The van der Waals surface area contributed by atoms with Crippen LogP contribution in [0.3, 0.4) is 0 Å². The number of hydrogen-bond acceptors (Lipinski definition) is 3. The number of aliphatic carboxylic acids is 1. The predicted molar refractivity (Wildman–Crippen MR) is 99.8 cm³/mol. The maximum Gasteiger partial charge on any atom is 0.410 e. The first kappa shape index (κ1) is 19.0. The van der Waals surface area contributed by atoms with Gasteiger partial charge in [-0.1, -0.05) is 48.5 Å². The van der Waals surface area contributed by atoms with Crippen LogP contribution >= 0.6 is 0 Å². The fraction of sp³-hybridized carbons (Fsp3) is 0.364. The minimum Gasteiger partial charge on any atom is -0.480 e. The van der Waals surface area contributed by atoms with E-state index >= 15 is 0 Å². The average Bonchev–Trinajstić information content (AvgIpc) is 3.16. The molecule has 2 aromatic carbocycles. The van der Waals surface area contributed by atoms with Crippen molar-refractivity contribution in [3.8, 4) is 11.1 Å². The second kappa shape index (κ2) is 6.48. The summed E-state index contributed by atoms with van der Waals surface area (Å²) in [6, 6.07) is 13.0. The van der Waals surface area contributed by atoms with Gasteiger partial charge in [0.05, 0.1) is 12.0 Å². The zero-order valence-electron chi connectivity index (χ0n) is 15.7. The molecule has 5 rings (SSSR count). The summed E-state index contributed by atoms with van der Waals surface area (Å²) in [6.45, 7) is -0.0657. The lowest BCUT2D eigenvalue weighted by Crippen LogP contribution is -2.46. The summed E-state index contributed by atoms with van der Waals surface area (Å²) in [5.41, 5.74) is 4.00. The van der Waals surface area contributed by atoms with Crippen molar-refractivity contribution < 1.29 is 32.6 Å². The Hall–Kier alpha value is -3.03. The number of fused-ring (bicyclic) bond motifs is 4. The van der Waals surface area contributed by atoms with E-state index in [1.807, 2.05) is 48.5 Å². The first-order valence-corrected chi connectivity index (χ1v) is 9.72. The van der Waals surface area contributed by atoms with E-state index in [2.05, 4.69) is 0 Å². The molecule has 2 aliphatic carbocycles. The number of ether oxygens (including phenoxy) is 1. The molecule has 156 valence electrons. The quantitative estimate of drug-likeness (QED) is 0.810. The van der Waals surface area contributed by atoms with Gasteiger partial charge in [0.25, 0.3) is 0 Å². The van der Waals surface area contributed by atoms with Gasteiger partial charge in [0.2, 0.25) is 0 Å². The van der Waals surface area contributed by atoms with Crippen LogP contribution in [0.15, 0.2) is 48.5 Å². The first-order valence-electron chi connectivity index (χ1n) is 9.72. The maximum atomic E-state index is 13.2. The molecule has 1 amide bonds. The first-order chi connectivity index (χ1) is 14.3. The average molecular weight is 417 g/mol. The highest BCUT2D eigenvalue weighted by atomic mass is 19.4. The van der Waals surface area contributed by atoms with E-state index in [1.165, 1.54) is 0 Å². The van der Waals surface area contributed by atoms with Crippen LogP contribution in [-0.2, 0) is 9.53 Å². The fourth-order valence-electron chi connectivity index (χ4n) is 5.17. The zero-order chi connectivity index (χ0) is 21.2. The van der Waals surface area contributed by atoms with Crippen LogP contribution in [0.1, 0.15) is 23.5 Å². The molecule has 4 atom stereocenters.